The summed E-state index contributed by atoms with van der Waals surface area (Å²) >= 11 is 0. The normalized spacial score (nSPS) is 11.1. The van der Waals surface area contributed by atoms with Gasteiger partial charge in [-0.25, -0.2) is 0 Å². The van der Waals surface area contributed by atoms with Crippen LogP contribution in [-0.4, -0.2) is 25.0 Å². The van der Waals surface area contributed by atoms with E-state index in [2.05, 4.69) is 0 Å². The number of rotatable bonds is 4. The second-order valence-corrected chi connectivity index (χ2v) is 4.44. The lowest BCUT2D eigenvalue weighted by Gasteiger charge is -2.03. The zero-order chi connectivity index (χ0) is 12.3. The van der Waals surface area contributed by atoms with Gasteiger partial charge in [0.1, 0.15) is 5.75 Å². The average Bonchev–Trinajstić information content (AvgIpc) is 2.14. The maximum absolute atomic E-state index is 10.6. The summed E-state index contributed by atoms with van der Waals surface area (Å²) < 4.78 is 34.6. The molecule has 1 rings (SSSR count). The Labute approximate surface area is 91.6 Å². The summed E-state index contributed by atoms with van der Waals surface area (Å²) in [5.74, 6) is -0.660. The van der Waals surface area contributed by atoms with E-state index in [-0.39, 0.29) is 17.0 Å². The van der Waals surface area contributed by atoms with Crippen molar-refractivity contribution in [3.8, 4) is 5.75 Å². The summed E-state index contributed by atoms with van der Waals surface area (Å²) in [5, 5.41) is 10.5. The van der Waals surface area contributed by atoms with Crippen LogP contribution in [0.3, 0.4) is 0 Å². The van der Waals surface area contributed by atoms with Gasteiger partial charge in [0.15, 0.2) is 5.75 Å². The van der Waals surface area contributed by atoms with Gasteiger partial charge < -0.3 is 4.74 Å². The molecule has 88 valence electrons. The Morgan fingerprint density at radius 1 is 1.50 bits per heavy atom. The van der Waals surface area contributed by atoms with E-state index in [0.717, 1.165) is 6.07 Å². The van der Waals surface area contributed by atoms with E-state index in [1.165, 1.54) is 19.2 Å². The molecule has 16 heavy (non-hydrogen) atoms. The molecule has 7 nitrogen and oxygen atoms in total. The molecule has 8 heteroatoms. The maximum atomic E-state index is 10.6. The Morgan fingerprint density at radius 2 is 2.12 bits per heavy atom. The molecular formula is C8H9NO6S. The number of methoxy groups -OCH3 is 1. The third-order valence-corrected chi connectivity index (χ3v) is 2.49. The summed E-state index contributed by atoms with van der Waals surface area (Å²) in [6.45, 7) is 0. The molecule has 0 unspecified atom stereocenters. The van der Waals surface area contributed by atoms with Crippen molar-refractivity contribution in [1.82, 2.24) is 0 Å². The third-order valence-electron chi connectivity index (χ3n) is 1.79. The number of hydrogen-bond acceptors (Lipinski definition) is 5. The van der Waals surface area contributed by atoms with Gasteiger partial charge in [-0.05, 0) is 11.6 Å². The fraction of sp³-hybridized carbons (Fsp3) is 0.250. The number of ether oxygens (including phenoxy) is 1. The summed E-state index contributed by atoms with van der Waals surface area (Å²) in [6, 6.07) is 3.57. The quantitative estimate of drug-likeness (QED) is 0.483. The Balaban J connectivity index is 3.14. The second kappa shape index (κ2) is 4.45. The molecular weight excluding hydrogens is 238 g/mol. The van der Waals surface area contributed by atoms with Crippen LogP contribution in [0.5, 0.6) is 5.75 Å². The summed E-state index contributed by atoms with van der Waals surface area (Å²) in [6.07, 6.45) is 0. The third kappa shape index (κ3) is 3.17. The Hall–Kier alpha value is -1.67. The van der Waals surface area contributed by atoms with Crippen molar-refractivity contribution >= 4 is 15.8 Å². The van der Waals surface area contributed by atoms with Crippen molar-refractivity contribution in [1.29, 1.82) is 0 Å². The smallest absolute Gasteiger partial charge is 0.310 e. The van der Waals surface area contributed by atoms with Gasteiger partial charge in [-0.2, -0.15) is 8.42 Å². The van der Waals surface area contributed by atoms with Crippen molar-refractivity contribution < 1.29 is 22.6 Å². The van der Waals surface area contributed by atoms with Crippen LogP contribution < -0.4 is 4.74 Å². The number of nitro benzene ring substituents is 1. The lowest BCUT2D eigenvalue weighted by atomic mass is 10.2. The topological polar surface area (TPSA) is 107 Å². The van der Waals surface area contributed by atoms with Crippen molar-refractivity contribution in [3.05, 3.63) is 33.9 Å². The molecule has 0 atom stereocenters. The van der Waals surface area contributed by atoms with Gasteiger partial charge in [0.05, 0.1) is 12.0 Å². The van der Waals surface area contributed by atoms with Crippen LogP contribution in [0.25, 0.3) is 0 Å². The van der Waals surface area contributed by atoms with Gasteiger partial charge in [-0.3, -0.25) is 14.7 Å². The summed E-state index contributed by atoms with van der Waals surface area (Å²) in [5.41, 5.74) is -0.0495. The molecule has 1 aromatic rings. The van der Waals surface area contributed by atoms with E-state index < -0.39 is 20.8 Å². The molecule has 0 saturated carbocycles. The van der Waals surface area contributed by atoms with E-state index in [1.807, 2.05) is 0 Å². The molecule has 0 fully saturated rings. The van der Waals surface area contributed by atoms with Crippen molar-refractivity contribution in [2.75, 3.05) is 7.11 Å². The molecule has 0 aliphatic heterocycles. The van der Waals surface area contributed by atoms with Crippen molar-refractivity contribution in [2.45, 2.75) is 5.75 Å². The number of nitrogens with zero attached hydrogens (tertiary/aromatic N) is 1. The van der Waals surface area contributed by atoms with Crippen LogP contribution in [0, 0.1) is 10.1 Å². The van der Waals surface area contributed by atoms with Crippen LogP contribution >= 0.6 is 0 Å². The van der Waals surface area contributed by atoms with Crippen molar-refractivity contribution in [2.24, 2.45) is 0 Å². The molecule has 1 N–H and O–H groups in total. The zero-order valence-electron chi connectivity index (χ0n) is 8.28. The number of benzene rings is 1. The Morgan fingerprint density at radius 3 is 2.56 bits per heavy atom. The SMILES string of the molecule is COc1cc(CS(=O)(=O)O)ccc1[N+](=O)[O-]. The predicted molar refractivity (Wildman–Crippen MR) is 54.9 cm³/mol. The minimum Gasteiger partial charge on any atom is -0.490 e. The molecule has 0 saturated heterocycles. The fourth-order valence-electron chi connectivity index (χ4n) is 1.17. The molecule has 0 spiro atoms. The van der Waals surface area contributed by atoms with Crippen LogP contribution in [0.15, 0.2) is 18.2 Å². The van der Waals surface area contributed by atoms with E-state index >= 15 is 0 Å². The fourth-order valence-corrected chi connectivity index (χ4v) is 1.77. The van der Waals surface area contributed by atoms with Gasteiger partial charge in [-0.1, -0.05) is 6.07 Å². The van der Waals surface area contributed by atoms with Gasteiger partial charge in [0.25, 0.3) is 10.1 Å². The van der Waals surface area contributed by atoms with Gasteiger partial charge in [-0.15, -0.1) is 0 Å². The minimum absolute atomic E-state index is 0.0499. The van der Waals surface area contributed by atoms with E-state index in [0.29, 0.717) is 0 Å². The largest absolute Gasteiger partial charge is 0.490 e. The first-order valence-electron chi connectivity index (χ1n) is 4.10. The highest BCUT2D eigenvalue weighted by atomic mass is 32.2. The van der Waals surface area contributed by atoms with E-state index in [4.69, 9.17) is 9.29 Å². The number of hydrogen-bond donors (Lipinski definition) is 1. The molecule has 0 radical (unpaired) electrons. The van der Waals surface area contributed by atoms with Crippen LogP contribution in [0.4, 0.5) is 5.69 Å². The van der Waals surface area contributed by atoms with Gasteiger partial charge in [0.2, 0.25) is 0 Å². The molecule has 0 aliphatic carbocycles. The standard InChI is InChI=1S/C8H9NO6S/c1-15-8-4-6(5-16(12,13)14)2-3-7(8)9(10)11/h2-4H,5H2,1H3,(H,12,13,14). The van der Waals surface area contributed by atoms with E-state index in [1.54, 1.807) is 0 Å². The monoisotopic (exact) mass is 247 g/mol. The minimum atomic E-state index is -4.16. The molecule has 0 aliphatic rings. The summed E-state index contributed by atoms with van der Waals surface area (Å²) in [4.78, 5) is 9.89. The van der Waals surface area contributed by atoms with Gasteiger partial charge >= 0.3 is 5.69 Å². The first kappa shape index (κ1) is 12.4. The number of nitro groups is 1. The van der Waals surface area contributed by atoms with Crippen LogP contribution in [0.2, 0.25) is 0 Å². The lowest BCUT2D eigenvalue weighted by molar-refractivity contribution is -0.385. The van der Waals surface area contributed by atoms with Crippen LogP contribution in [-0.2, 0) is 15.9 Å². The highest BCUT2D eigenvalue weighted by Gasteiger charge is 2.16. The predicted octanol–water partition coefficient (Wildman–Crippen LogP) is 0.991. The van der Waals surface area contributed by atoms with Crippen molar-refractivity contribution in [3.63, 3.8) is 0 Å². The Bertz CT molecular complexity index is 509. The highest BCUT2D eigenvalue weighted by Crippen LogP contribution is 2.27. The average molecular weight is 247 g/mol. The van der Waals surface area contributed by atoms with Crippen LogP contribution in [0.1, 0.15) is 5.56 Å². The van der Waals surface area contributed by atoms with E-state index in [9.17, 15) is 18.5 Å². The first-order valence-corrected chi connectivity index (χ1v) is 5.71. The molecule has 0 heterocycles. The highest BCUT2D eigenvalue weighted by molar-refractivity contribution is 7.85. The first-order chi connectivity index (χ1) is 7.33. The Kier molecular flexibility index (Phi) is 3.45. The zero-order valence-corrected chi connectivity index (χ0v) is 9.10. The molecule has 0 bridgehead atoms. The second-order valence-electron chi connectivity index (χ2n) is 2.99. The summed E-state index contributed by atoms with van der Waals surface area (Å²) in [7, 11) is -2.92. The maximum Gasteiger partial charge on any atom is 0.310 e. The molecule has 1 aromatic carbocycles. The lowest BCUT2D eigenvalue weighted by Crippen LogP contribution is -2.02. The molecule has 0 amide bonds. The molecule has 0 aromatic heterocycles. The van der Waals surface area contributed by atoms with Gasteiger partial charge in [0, 0.05) is 6.07 Å².